The second-order valence-corrected chi connectivity index (χ2v) is 9.34. The summed E-state index contributed by atoms with van der Waals surface area (Å²) in [6.45, 7) is 5.20. The van der Waals surface area contributed by atoms with Crippen molar-refractivity contribution in [3.8, 4) is 11.5 Å². The van der Waals surface area contributed by atoms with Crippen LogP contribution >= 0.6 is 0 Å². The molecule has 164 valence electrons. The SMILES string of the molecule is CCN(C)C=Nc1cc(C)c(Oc2cccc(S(C)(=O)=NCC(F)(F)F)c2)cc1C. The minimum atomic E-state index is -4.50. The van der Waals surface area contributed by atoms with Crippen LogP contribution in [0.2, 0.25) is 0 Å². The Morgan fingerprint density at radius 1 is 1.17 bits per heavy atom. The number of aliphatic imine (C=N–C) groups is 1. The topological polar surface area (TPSA) is 54.3 Å². The molecular weight excluding hydrogens is 415 g/mol. The van der Waals surface area contributed by atoms with Gasteiger partial charge < -0.3 is 9.64 Å². The lowest BCUT2D eigenvalue weighted by Crippen LogP contribution is -2.14. The smallest absolute Gasteiger partial charge is 0.408 e. The van der Waals surface area contributed by atoms with Crippen LogP contribution < -0.4 is 4.74 Å². The number of nitrogens with zero attached hydrogens (tertiary/aromatic N) is 3. The second-order valence-electron chi connectivity index (χ2n) is 7.00. The lowest BCUT2D eigenvalue weighted by atomic mass is 10.1. The highest BCUT2D eigenvalue weighted by Crippen LogP contribution is 2.32. The van der Waals surface area contributed by atoms with E-state index in [-0.39, 0.29) is 4.90 Å². The number of aryl methyl sites for hydroxylation is 2. The predicted molar refractivity (Wildman–Crippen MR) is 115 cm³/mol. The molecule has 0 aromatic heterocycles. The Balaban J connectivity index is 2.29. The zero-order valence-electron chi connectivity index (χ0n) is 17.7. The molecule has 0 saturated heterocycles. The lowest BCUT2D eigenvalue weighted by Gasteiger charge is -2.14. The van der Waals surface area contributed by atoms with Crippen molar-refractivity contribution in [3.63, 3.8) is 0 Å². The van der Waals surface area contributed by atoms with Crippen molar-refractivity contribution in [2.75, 3.05) is 26.4 Å². The number of hydrogen-bond acceptors (Lipinski definition) is 4. The first kappa shape index (κ1) is 23.7. The van der Waals surface area contributed by atoms with Crippen LogP contribution in [0.3, 0.4) is 0 Å². The van der Waals surface area contributed by atoms with Gasteiger partial charge in [0.1, 0.15) is 18.0 Å². The fourth-order valence-electron chi connectivity index (χ4n) is 2.44. The van der Waals surface area contributed by atoms with Gasteiger partial charge in [0.25, 0.3) is 0 Å². The van der Waals surface area contributed by atoms with Gasteiger partial charge in [-0.15, -0.1) is 0 Å². The molecule has 0 aliphatic rings. The van der Waals surface area contributed by atoms with E-state index in [1.807, 2.05) is 44.9 Å². The first-order valence-electron chi connectivity index (χ1n) is 9.29. The van der Waals surface area contributed by atoms with Crippen molar-refractivity contribution in [1.82, 2.24) is 4.90 Å². The summed E-state index contributed by atoms with van der Waals surface area (Å²) in [7, 11) is -1.27. The molecule has 2 aromatic rings. The normalized spacial score (nSPS) is 13.9. The number of alkyl halides is 3. The molecule has 2 rings (SSSR count). The lowest BCUT2D eigenvalue weighted by molar-refractivity contribution is -0.117. The zero-order valence-corrected chi connectivity index (χ0v) is 18.5. The molecule has 9 heteroatoms. The summed E-state index contributed by atoms with van der Waals surface area (Å²) in [5, 5.41) is 0. The van der Waals surface area contributed by atoms with Gasteiger partial charge in [-0.25, -0.2) is 13.6 Å². The van der Waals surface area contributed by atoms with Gasteiger partial charge in [0.15, 0.2) is 0 Å². The molecular formula is C21H26F3N3O2S. The molecule has 0 bridgehead atoms. The molecule has 0 aliphatic carbocycles. The summed E-state index contributed by atoms with van der Waals surface area (Å²) >= 11 is 0. The molecule has 0 N–H and O–H groups in total. The van der Waals surface area contributed by atoms with Crippen LogP contribution in [0, 0.1) is 13.8 Å². The highest BCUT2D eigenvalue weighted by molar-refractivity contribution is 7.93. The van der Waals surface area contributed by atoms with Gasteiger partial charge in [-0.2, -0.15) is 13.2 Å². The molecule has 2 aromatic carbocycles. The monoisotopic (exact) mass is 441 g/mol. The van der Waals surface area contributed by atoms with Gasteiger partial charge in [0, 0.05) is 19.8 Å². The Labute approximate surface area is 175 Å². The van der Waals surface area contributed by atoms with E-state index in [0.717, 1.165) is 23.4 Å². The molecule has 0 heterocycles. The standard InChI is InChI=1S/C21H26F3N3O2S/c1-6-27(4)14-25-19-10-16(3)20(11-15(19)2)29-17-8-7-9-18(12-17)30(5,28)26-13-21(22,23)24/h7-12,14H,6,13H2,1-5H3. The molecule has 1 atom stereocenters. The Morgan fingerprint density at radius 2 is 1.87 bits per heavy atom. The van der Waals surface area contributed by atoms with Gasteiger partial charge in [-0.3, -0.25) is 0 Å². The van der Waals surface area contributed by atoms with E-state index in [9.17, 15) is 17.4 Å². The summed E-state index contributed by atoms with van der Waals surface area (Å²) in [6, 6.07) is 9.92. The van der Waals surface area contributed by atoms with Crippen LogP contribution in [0.5, 0.6) is 11.5 Å². The number of benzene rings is 2. The molecule has 0 spiro atoms. The molecule has 0 saturated carbocycles. The van der Waals surface area contributed by atoms with Crippen LogP contribution in [0.25, 0.3) is 0 Å². The number of halogens is 3. The van der Waals surface area contributed by atoms with Crippen LogP contribution in [0.15, 0.2) is 50.6 Å². The Bertz CT molecular complexity index is 1040. The van der Waals surface area contributed by atoms with E-state index >= 15 is 0 Å². The van der Waals surface area contributed by atoms with Crippen molar-refractivity contribution in [3.05, 3.63) is 47.5 Å². The van der Waals surface area contributed by atoms with Gasteiger partial charge in [0.2, 0.25) is 0 Å². The summed E-state index contributed by atoms with van der Waals surface area (Å²) in [5.74, 6) is 0.955. The zero-order chi connectivity index (χ0) is 22.5. The van der Waals surface area contributed by atoms with Crippen molar-refractivity contribution in [2.24, 2.45) is 9.36 Å². The summed E-state index contributed by atoms with van der Waals surface area (Å²) < 4.78 is 59.2. The molecule has 0 amide bonds. The van der Waals surface area contributed by atoms with E-state index < -0.39 is 22.5 Å². The first-order valence-corrected chi connectivity index (χ1v) is 11.2. The maximum atomic E-state index is 12.6. The van der Waals surface area contributed by atoms with Gasteiger partial charge in [-0.1, -0.05) is 6.07 Å². The Morgan fingerprint density at radius 3 is 2.50 bits per heavy atom. The van der Waals surface area contributed by atoms with E-state index in [0.29, 0.717) is 11.5 Å². The largest absolute Gasteiger partial charge is 0.457 e. The third-order valence-electron chi connectivity index (χ3n) is 4.35. The molecule has 0 radical (unpaired) electrons. The van der Waals surface area contributed by atoms with Gasteiger partial charge in [0.05, 0.1) is 26.7 Å². The molecule has 30 heavy (non-hydrogen) atoms. The van der Waals surface area contributed by atoms with Crippen LogP contribution in [0.4, 0.5) is 18.9 Å². The van der Waals surface area contributed by atoms with Crippen molar-refractivity contribution < 1.29 is 22.1 Å². The summed E-state index contributed by atoms with van der Waals surface area (Å²) in [6.07, 6.45) is -1.56. The van der Waals surface area contributed by atoms with Crippen LogP contribution in [-0.4, -0.2) is 48.0 Å². The van der Waals surface area contributed by atoms with E-state index in [4.69, 9.17) is 4.74 Å². The van der Waals surface area contributed by atoms with Crippen molar-refractivity contribution in [1.29, 1.82) is 0 Å². The van der Waals surface area contributed by atoms with Crippen LogP contribution in [0.1, 0.15) is 18.1 Å². The van der Waals surface area contributed by atoms with E-state index in [2.05, 4.69) is 9.36 Å². The predicted octanol–water partition coefficient (Wildman–Crippen LogP) is 5.73. The molecule has 0 aliphatic heterocycles. The first-order chi connectivity index (χ1) is 13.9. The molecule has 5 nitrogen and oxygen atoms in total. The Kier molecular flexibility index (Phi) is 7.52. The average molecular weight is 442 g/mol. The quantitative estimate of drug-likeness (QED) is 0.408. The van der Waals surface area contributed by atoms with Crippen molar-refractivity contribution >= 4 is 21.8 Å². The number of rotatable bonds is 7. The van der Waals surface area contributed by atoms with Crippen LogP contribution in [-0.2, 0) is 9.73 Å². The van der Waals surface area contributed by atoms with E-state index in [1.54, 1.807) is 18.5 Å². The maximum absolute atomic E-state index is 12.6. The summed E-state index contributed by atoms with van der Waals surface area (Å²) in [4.78, 5) is 6.61. The minimum Gasteiger partial charge on any atom is -0.457 e. The number of ether oxygens (including phenoxy) is 1. The second kappa shape index (κ2) is 9.51. The fraction of sp³-hybridized carbons (Fsp3) is 0.381. The highest BCUT2D eigenvalue weighted by atomic mass is 32.2. The third-order valence-corrected chi connectivity index (χ3v) is 6.10. The van der Waals surface area contributed by atoms with Gasteiger partial charge in [-0.05, 0) is 62.2 Å². The Hall–Kier alpha value is -2.55. The fourth-order valence-corrected chi connectivity index (χ4v) is 3.64. The number of hydrogen-bond donors (Lipinski definition) is 0. The van der Waals surface area contributed by atoms with E-state index in [1.165, 1.54) is 18.4 Å². The van der Waals surface area contributed by atoms with Crippen molar-refractivity contribution in [2.45, 2.75) is 31.8 Å². The van der Waals surface area contributed by atoms with Gasteiger partial charge >= 0.3 is 6.18 Å². The third kappa shape index (κ3) is 6.76. The molecule has 1 unspecified atom stereocenters. The summed E-state index contributed by atoms with van der Waals surface area (Å²) in [5.41, 5.74) is 2.57. The highest BCUT2D eigenvalue weighted by Gasteiger charge is 2.27. The molecule has 0 fully saturated rings. The minimum absolute atomic E-state index is 0.183. The average Bonchev–Trinajstić information content (AvgIpc) is 2.67. The maximum Gasteiger partial charge on any atom is 0.408 e.